The summed E-state index contributed by atoms with van der Waals surface area (Å²) in [4.78, 5) is 26.0. The number of nitrogens with one attached hydrogen (secondary N) is 1. The van der Waals surface area contributed by atoms with Crippen molar-refractivity contribution in [2.24, 2.45) is 0 Å². The van der Waals surface area contributed by atoms with Crippen LogP contribution in [0.4, 0.5) is 5.69 Å². The summed E-state index contributed by atoms with van der Waals surface area (Å²) in [5.74, 6) is 0.471. The fraction of sp³-hybridized carbons (Fsp3) is 0.214. The summed E-state index contributed by atoms with van der Waals surface area (Å²) in [7, 11) is 0. The molecule has 0 aliphatic rings. The molecule has 2 aromatic heterocycles. The lowest BCUT2D eigenvalue weighted by molar-refractivity contribution is -0.113. The zero-order chi connectivity index (χ0) is 25.3. The summed E-state index contributed by atoms with van der Waals surface area (Å²) >= 11 is 1.29. The van der Waals surface area contributed by atoms with Crippen LogP contribution in [0.15, 0.2) is 88.8 Å². The minimum Gasteiger partial charge on any atom is -0.325 e. The standard InChI is InChI=1S/C28H27N5O2S/c1-28(2,3)20-13-15-21(16-14-20)29-24(34)18-36-27-31-30-26-32(17-19-9-5-4-6-10-19)25(35)22-11-7-8-12-23(22)33(26)27/h4-16H,17-18H2,1-3H3,(H,29,34). The maximum atomic E-state index is 13.3. The molecule has 1 amide bonds. The van der Waals surface area contributed by atoms with Crippen LogP contribution in [0.3, 0.4) is 0 Å². The van der Waals surface area contributed by atoms with Crippen LogP contribution in [-0.2, 0) is 16.8 Å². The quantitative estimate of drug-likeness (QED) is 0.329. The van der Waals surface area contributed by atoms with E-state index in [0.717, 1.165) is 11.3 Å². The van der Waals surface area contributed by atoms with Gasteiger partial charge >= 0.3 is 0 Å². The normalized spacial score (nSPS) is 11.8. The molecular weight excluding hydrogens is 470 g/mol. The number of nitrogens with zero attached hydrogens (tertiary/aromatic N) is 4. The van der Waals surface area contributed by atoms with Crippen LogP contribution in [0.2, 0.25) is 0 Å². The predicted molar refractivity (Wildman–Crippen MR) is 145 cm³/mol. The molecule has 0 unspecified atom stereocenters. The molecule has 8 heteroatoms. The van der Waals surface area contributed by atoms with Gasteiger partial charge in [-0.25, -0.2) is 0 Å². The van der Waals surface area contributed by atoms with Crippen LogP contribution in [0, 0.1) is 0 Å². The summed E-state index contributed by atoms with van der Waals surface area (Å²) in [5.41, 5.74) is 3.60. The third kappa shape index (κ3) is 4.77. The van der Waals surface area contributed by atoms with Crippen molar-refractivity contribution in [2.45, 2.75) is 37.9 Å². The van der Waals surface area contributed by atoms with Crippen LogP contribution >= 0.6 is 11.8 Å². The molecule has 0 spiro atoms. The molecular formula is C28H27N5O2S. The first-order valence-corrected chi connectivity index (χ1v) is 12.7. The maximum Gasteiger partial charge on any atom is 0.263 e. The molecule has 2 heterocycles. The number of rotatable bonds is 6. The zero-order valence-corrected chi connectivity index (χ0v) is 21.2. The van der Waals surface area contributed by atoms with Gasteiger partial charge in [0.25, 0.3) is 5.56 Å². The first-order chi connectivity index (χ1) is 17.3. The highest BCUT2D eigenvalue weighted by Crippen LogP contribution is 2.25. The van der Waals surface area contributed by atoms with Gasteiger partial charge in [0.1, 0.15) is 0 Å². The Morgan fingerprint density at radius 3 is 2.33 bits per heavy atom. The molecule has 0 aliphatic carbocycles. The molecule has 0 saturated heterocycles. The van der Waals surface area contributed by atoms with Crippen molar-refractivity contribution < 1.29 is 4.79 Å². The van der Waals surface area contributed by atoms with E-state index in [1.165, 1.54) is 17.3 Å². The Morgan fingerprint density at radius 1 is 0.917 bits per heavy atom. The van der Waals surface area contributed by atoms with E-state index in [0.29, 0.717) is 28.4 Å². The fourth-order valence-electron chi connectivity index (χ4n) is 4.12. The smallest absolute Gasteiger partial charge is 0.263 e. The molecule has 0 saturated carbocycles. The van der Waals surface area contributed by atoms with Crippen LogP contribution in [0.1, 0.15) is 31.9 Å². The molecule has 1 N–H and O–H groups in total. The zero-order valence-electron chi connectivity index (χ0n) is 20.4. The van der Waals surface area contributed by atoms with Gasteiger partial charge < -0.3 is 5.32 Å². The van der Waals surface area contributed by atoms with Crippen molar-refractivity contribution in [3.63, 3.8) is 0 Å². The monoisotopic (exact) mass is 497 g/mol. The van der Waals surface area contributed by atoms with Gasteiger partial charge in [-0.05, 0) is 40.8 Å². The number of amides is 1. The van der Waals surface area contributed by atoms with Gasteiger partial charge in [0.15, 0.2) is 5.16 Å². The van der Waals surface area contributed by atoms with Crippen LogP contribution in [0.25, 0.3) is 16.7 Å². The van der Waals surface area contributed by atoms with E-state index in [-0.39, 0.29) is 22.6 Å². The second-order valence-corrected chi connectivity index (χ2v) is 10.6. The molecule has 0 radical (unpaired) electrons. The second kappa shape index (κ2) is 9.62. The van der Waals surface area contributed by atoms with E-state index < -0.39 is 0 Å². The second-order valence-electron chi connectivity index (χ2n) is 9.68. The van der Waals surface area contributed by atoms with Crippen molar-refractivity contribution in [2.75, 3.05) is 11.1 Å². The largest absolute Gasteiger partial charge is 0.325 e. The van der Waals surface area contributed by atoms with E-state index in [2.05, 4.69) is 36.3 Å². The highest BCUT2D eigenvalue weighted by molar-refractivity contribution is 7.99. The molecule has 36 heavy (non-hydrogen) atoms. The summed E-state index contributed by atoms with van der Waals surface area (Å²) < 4.78 is 3.49. The molecule has 7 nitrogen and oxygen atoms in total. The number of hydrogen-bond acceptors (Lipinski definition) is 5. The van der Waals surface area contributed by atoms with E-state index >= 15 is 0 Å². The van der Waals surface area contributed by atoms with Crippen molar-refractivity contribution in [3.8, 4) is 0 Å². The van der Waals surface area contributed by atoms with Crippen molar-refractivity contribution in [1.29, 1.82) is 0 Å². The minimum absolute atomic E-state index is 0.0528. The molecule has 5 rings (SSSR count). The number of anilines is 1. The fourth-order valence-corrected chi connectivity index (χ4v) is 4.86. The topological polar surface area (TPSA) is 81.3 Å². The Labute approximate surface area is 213 Å². The lowest BCUT2D eigenvalue weighted by Gasteiger charge is -2.19. The Bertz CT molecular complexity index is 1600. The molecule has 0 aliphatic heterocycles. The summed E-state index contributed by atoms with van der Waals surface area (Å²) in [6, 6.07) is 25.1. The Kier molecular flexibility index (Phi) is 6.36. The van der Waals surface area contributed by atoms with Gasteiger partial charge in [-0.3, -0.25) is 18.6 Å². The van der Waals surface area contributed by atoms with Gasteiger partial charge in [-0.15, -0.1) is 10.2 Å². The number of thioether (sulfide) groups is 1. The Morgan fingerprint density at radius 2 is 1.61 bits per heavy atom. The molecule has 0 bridgehead atoms. The number of benzene rings is 3. The van der Waals surface area contributed by atoms with Crippen molar-refractivity contribution in [1.82, 2.24) is 19.2 Å². The van der Waals surface area contributed by atoms with Crippen LogP contribution < -0.4 is 10.9 Å². The van der Waals surface area contributed by atoms with Gasteiger partial charge in [-0.2, -0.15) is 0 Å². The number of fused-ring (bicyclic) bond motifs is 3. The van der Waals surface area contributed by atoms with Crippen LogP contribution in [-0.4, -0.2) is 30.8 Å². The molecule has 0 fully saturated rings. The third-order valence-electron chi connectivity index (χ3n) is 6.03. The first-order valence-electron chi connectivity index (χ1n) is 11.7. The van der Waals surface area contributed by atoms with Gasteiger partial charge in [0.05, 0.1) is 23.2 Å². The minimum atomic E-state index is -0.137. The average Bonchev–Trinajstić information content (AvgIpc) is 3.30. The van der Waals surface area contributed by atoms with Crippen molar-refractivity contribution in [3.05, 3.63) is 100 Å². The van der Waals surface area contributed by atoms with Crippen LogP contribution in [0.5, 0.6) is 0 Å². The summed E-state index contributed by atoms with van der Waals surface area (Å²) in [6.07, 6.45) is 0. The predicted octanol–water partition coefficient (Wildman–Crippen LogP) is 5.12. The van der Waals surface area contributed by atoms with Gasteiger partial charge in [0, 0.05) is 5.69 Å². The third-order valence-corrected chi connectivity index (χ3v) is 6.96. The SMILES string of the molecule is CC(C)(C)c1ccc(NC(=O)CSc2nnc3n(Cc4ccccc4)c(=O)c4ccccc4n23)cc1. The Balaban J connectivity index is 1.42. The lowest BCUT2D eigenvalue weighted by atomic mass is 9.87. The van der Waals surface area contributed by atoms with Gasteiger partial charge in [0.2, 0.25) is 11.7 Å². The highest BCUT2D eigenvalue weighted by Gasteiger charge is 2.18. The van der Waals surface area contributed by atoms with E-state index in [9.17, 15) is 9.59 Å². The maximum absolute atomic E-state index is 13.3. The molecule has 3 aromatic carbocycles. The average molecular weight is 498 g/mol. The number of aromatic nitrogens is 4. The lowest BCUT2D eigenvalue weighted by Crippen LogP contribution is -2.24. The highest BCUT2D eigenvalue weighted by atomic mass is 32.2. The molecule has 182 valence electrons. The first kappa shape index (κ1) is 23.8. The molecule has 0 atom stereocenters. The molecule has 5 aromatic rings. The Hall–Kier alpha value is -3.91. The summed E-state index contributed by atoms with van der Waals surface area (Å²) in [5, 5.41) is 12.8. The number of carbonyl (C=O) groups excluding carboxylic acids is 1. The van der Waals surface area contributed by atoms with E-state index in [1.54, 1.807) is 10.6 Å². The number of para-hydroxylation sites is 1. The number of hydrogen-bond donors (Lipinski definition) is 1. The number of carbonyl (C=O) groups is 1. The van der Waals surface area contributed by atoms with Gasteiger partial charge in [-0.1, -0.05) is 87.1 Å². The summed E-state index contributed by atoms with van der Waals surface area (Å²) in [6.45, 7) is 6.84. The van der Waals surface area contributed by atoms with E-state index in [1.807, 2.05) is 77.2 Å². The van der Waals surface area contributed by atoms with Crippen molar-refractivity contribution >= 4 is 40.0 Å². The van der Waals surface area contributed by atoms with E-state index in [4.69, 9.17) is 0 Å².